The first kappa shape index (κ1) is 10.8. The Morgan fingerprint density at radius 3 is 2.73 bits per heavy atom. The summed E-state index contributed by atoms with van der Waals surface area (Å²) in [4.78, 5) is 0. The van der Waals surface area contributed by atoms with Crippen LogP contribution < -0.4 is 5.32 Å². The van der Waals surface area contributed by atoms with Crippen molar-refractivity contribution >= 4 is 17.3 Å². The minimum Gasteiger partial charge on any atom is -0.382 e. The summed E-state index contributed by atoms with van der Waals surface area (Å²) in [6.45, 7) is 2.07. The Kier molecular flexibility index (Phi) is 3.17. The Morgan fingerprint density at radius 1 is 1.40 bits per heavy atom. The summed E-state index contributed by atoms with van der Waals surface area (Å²) < 4.78 is 5.24. The first-order valence-corrected chi connectivity index (χ1v) is 5.62. The van der Waals surface area contributed by atoms with E-state index in [0.29, 0.717) is 12.1 Å². The summed E-state index contributed by atoms with van der Waals surface area (Å²) in [5, 5.41) is 4.29. The predicted octanol–water partition coefficient (Wildman–Crippen LogP) is 3.24. The van der Waals surface area contributed by atoms with Crippen LogP contribution in [0, 0.1) is 6.92 Å². The van der Waals surface area contributed by atoms with Crippen molar-refractivity contribution in [2.45, 2.75) is 31.9 Å². The standard InChI is InChI=1S/C12H16ClNO/c1-8-5-9(13)3-4-12(8)14-10-6-11(7-10)15-2/h3-5,10-11,14H,6-7H2,1-2H3. The van der Waals surface area contributed by atoms with E-state index in [0.717, 1.165) is 17.9 Å². The maximum absolute atomic E-state index is 5.90. The highest BCUT2D eigenvalue weighted by molar-refractivity contribution is 6.30. The number of aryl methyl sites for hydroxylation is 1. The van der Waals surface area contributed by atoms with E-state index < -0.39 is 0 Å². The third kappa shape index (κ3) is 2.44. The number of nitrogens with one attached hydrogen (secondary N) is 1. The number of hydrogen-bond donors (Lipinski definition) is 1. The molecule has 1 fully saturated rings. The molecule has 0 heterocycles. The van der Waals surface area contributed by atoms with E-state index in [2.05, 4.69) is 12.2 Å². The third-order valence-electron chi connectivity index (χ3n) is 2.98. The summed E-state index contributed by atoms with van der Waals surface area (Å²) in [6, 6.07) is 6.49. The molecule has 3 heteroatoms. The van der Waals surface area contributed by atoms with E-state index in [4.69, 9.17) is 16.3 Å². The second-order valence-corrected chi connectivity index (χ2v) is 4.57. The fraction of sp³-hybridized carbons (Fsp3) is 0.500. The van der Waals surface area contributed by atoms with Crippen LogP contribution >= 0.6 is 11.6 Å². The zero-order valence-electron chi connectivity index (χ0n) is 9.09. The highest BCUT2D eigenvalue weighted by atomic mass is 35.5. The van der Waals surface area contributed by atoms with Crippen LogP contribution in [0.2, 0.25) is 5.02 Å². The minimum atomic E-state index is 0.440. The van der Waals surface area contributed by atoms with Gasteiger partial charge in [-0.3, -0.25) is 0 Å². The Bertz CT molecular complexity index is 347. The van der Waals surface area contributed by atoms with Crippen LogP contribution in [-0.4, -0.2) is 19.3 Å². The molecule has 0 unspecified atom stereocenters. The van der Waals surface area contributed by atoms with Crippen LogP contribution in [-0.2, 0) is 4.74 Å². The molecule has 2 rings (SSSR count). The molecular weight excluding hydrogens is 210 g/mol. The molecule has 1 aromatic carbocycles. The van der Waals surface area contributed by atoms with Crippen LogP contribution in [0.1, 0.15) is 18.4 Å². The number of hydrogen-bond acceptors (Lipinski definition) is 2. The van der Waals surface area contributed by atoms with Gasteiger partial charge < -0.3 is 10.1 Å². The molecule has 0 saturated heterocycles. The molecule has 0 bridgehead atoms. The van der Waals surface area contributed by atoms with Crippen LogP contribution in [0.3, 0.4) is 0 Å². The molecule has 1 aliphatic carbocycles. The second kappa shape index (κ2) is 4.42. The average molecular weight is 226 g/mol. The lowest BCUT2D eigenvalue weighted by molar-refractivity contribution is 0.0328. The topological polar surface area (TPSA) is 21.3 Å². The molecular formula is C12H16ClNO. The van der Waals surface area contributed by atoms with Gasteiger partial charge in [0, 0.05) is 23.9 Å². The summed E-state index contributed by atoms with van der Waals surface area (Å²) in [7, 11) is 1.77. The first-order valence-electron chi connectivity index (χ1n) is 5.24. The zero-order valence-corrected chi connectivity index (χ0v) is 9.84. The van der Waals surface area contributed by atoms with Gasteiger partial charge in [-0.1, -0.05) is 11.6 Å². The highest BCUT2D eigenvalue weighted by Gasteiger charge is 2.28. The van der Waals surface area contributed by atoms with Crippen molar-refractivity contribution in [2.24, 2.45) is 0 Å². The SMILES string of the molecule is COC1CC(Nc2ccc(Cl)cc2C)C1. The van der Waals surface area contributed by atoms with Gasteiger partial charge >= 0.3 is 0 Å². The molecule has 0 spiro atoms. The van der Waals surface area contributed by atoms with Crippen molar-refractivity contribution in [1.82, 2.24) is 0 Å². The molecule has 1 aromatic rings. The Labute approximate surface area is 95.6 Å². The minimum absolute atomic E-state index is 0.440. The molecule has 0 radical (unpaired) electrons. The fourth-order valence-electron chi connectivity index (χ4n) is 1.88. The summed E-state index contributed by atoms with van der Waals surface area (Å²) in [6.07, 6.45) is 2.63. The Morgan fingerprint density at radius 2 is 2.13 bits per heavy atom. The van der Waals surface area contributed by atoms with Crippen LogP contribution in [0.25, 0.3) is 0 Å². The normalized spacial score (nSPS) is 24.7. The van der Waals surface area contributed by atoms with Crippen molar-refractivity contribution in [2.75, 3.05) is 12.4 Å². The van der Waals surface area contributed by atoms with Gasteiger partial charge in [0.25, 0.3) is 0 Å². The second-order valence-electron chi connectivity index (χ2n) is 4.13. The predicted molar refractivity (Wildman–Crippen MR) is 63.6 cm³/mol. The van der Waals surface area contributed by atoms with Crippen LogP contribution in [0.15, 0.2) is 18.2 Å². The molecule has 82 valence electrons. The summed E-state index contributed by atoms with van der Waals surface area (Å²) in [5.74, 6) is 0. The molecule has 0 aromatic heterocycles. The van der Waals surface area contributed by atoms with Gasteiger partial charge in [0.1, 0.15) is 0 Å². The van der Waals surface area contributed by atoms with E-state index in [1.807, 2.05) is 18.2 Å². The van der Waals surface area contributed by atoms with Gasteiger partial charge in [0.15, 0.2) is 0 Å². The maximum atomic E-state index is 5.90. The van der Waals surface area contributed by atoms with E-state index in [1.165, 1.54) is 11.3 Å². The van der Waals surface area contributed by atoms with Crippen molar-refractivity contribution in [3.8, 4) is 0 Å². The molecule has 2 nitrogen and oxygen atoms in total. The Balaban J connectivity index is 1.94. The molecule has 1 N–H and O–H groups in total. The molecule has 15 heavy (non-hydrogen) atoms. The lowest BCUT2D eigenvalue weighted by Gasteiger charge is -2.35. The van der Waals surface area contributed by atoms with Crippen molar-refractivity contribution in [1.29, 1.82) is 0 Å². The molecule has 1 aliphatic rings. The van der Waals surface area contributed by atoms with Gasteiger partial charge in [0.2, 0.25) is 0 Å². The fourth-order valence-corrected chi connectivity index (χ4v) is 2.11. The van der Waals surface area contributed by atoms with Gasteiger partial charge in [-0.05, 0) is 43.5 Å². The highest BCUT2D eigenvalue weighted by Crippen LogP contribution is 2.28. The largest absolute Gasteiger partial charge is 0.382 e. The summed E-state index contributed by atoms with van der Waals surface area (Å²) >= 11 is 5.90. The van der Waals surface area contributed by atoms with E-state index >= 15 is 0 Å². The lowest BCUT2D eigenvalue weighted by Crippen LogP contribution is -2.40. The molecule has 0 amide bonds. The van der Waals surface area contributed by atoms with Crippen LogP contribution in [0.4, 0.5) is 5.69 Å². The van der Waals surface area contributed by atoms with Crippen molar-refractivity contribution in [3.05, 3.63) is 28.8 Å². The van der Waals surface area contributed by atoms with Crippen molar-refractivity contribution < 1.29 is 4.74 Å². The number of rotatable bonds is 3. The number of ether oxygens (including phenoxy) is 1. The van der Waals surface area contributed by atoms with E-state index in [-0.39, 0.29) is 0 Å². The third-order valence-corrected chi connectivity index (χ3v) is 3.21. The quantitative estimate of drug-likeness (QED) is 0.853. The lowest BCUT2D eigenvalue weighted by atomic mass is 9.89. The molecule has 1 saturated carbocycles. The smallest absolute Gasteiger partial charge is 0.0610 e. The maximum Gasteiger partial charge on any atom is 0.0610 e. The van der Waals surface area contributed by atoms with Gasteiger partial charge in [-0.15, -0.1) is 0 Å². The van der Waals surface area contributed by atoms with Crippen LogP contribution in [0.5, 0.6) is 0 Å². The Hall–Kier alpha value is -0.730. The monoisotopic (exact) mass is 225 g/mol. The number of benzene rings is 1. The van der Waals surface area contributed by atoms with E-state index in [9.17, 15) is 0 Å². The number of anilines is 1. The molecule has 0 atom stereocenters. The average Bonchev–Trinajstić information content (AvgIpc) is 2.13. The van der Waals surface area contributed by atoms with Gasteiger partial charge in [-0.2, -0.15) is 0 Å². The first-order chi connectivity index (χ1) is 7.19. The number of methoxy groups -OCH3 is 1. The van der Waals surface area contributed by atoms with Crippen molar-refractivity contribution in [3.63, 3.8) is 0 Å². The van der Waals surface area contributed by atoms with Gasteiger partial charge in [0.05, 0.1) is 6.10 Å². The van der Waals surface area contributed by atoms with Gasteiger partial charge in [-0.25, -0.2) is 0 Å². The summed E-state index contributed by atoms with van der Waals surface area (Å²) in [5.41, 5.74) is 2.38. The number of halogens is 1. The molecule has 0 aliphatic heterocycles. The zero-order chi connectivity index (χ0) is 10.8. The van der Waals surface area contributed by atoms with E-state index in [1.54, 1.807) is 7.11 Å².